The highest BCUT2D eigenvalue weighted by molar-refractivity contribution is 5.95. The van der Waals surface area contributed by atoms with Crippen LogP contribution in [0.25, 0.3) is 5.69 Å². The largest absolute Gasteiger partial charge is 0.494 e. The topological polar surface area (TPSA) is 73.1 Å². The molecule has 1 aromatic heterocycles. The van der Waals surface area contributed by atoms with Gasteiger partial charge in [-0.05, 0) is 47.4 Å². The normalized spacial score (nSPS) is 18.0. The summed E-state index contributed by atoms with van der Waals surface area (Å²) in [6.45, 7) is 3.84. The fourth-order valence-corrected chi connectivity index (χ4v) is 3.04. The molecule has 0 aliphatic carbocycles. The number of ether oxygens (including phenoxy) is 1. The van der Waals surface area contributed by atoms with Crippen molar-refractivity contribution in [1.82, 2.24) is 25.1 Å². The van der Waals surface area contributed by atoms with Gasteiger partial charge in [0.1, 0.15) is 17.8 Å². The van der Waals surface area contributed by atoms with Gasteiger partial charge in [0.15, 0.2) is 0 Å². The van der Waals surface area contributed by atoms with Crippen molar-refractivity contribution in [3.8, 4) is 11.4 Å². The highest BCUT2D eigenvalue weighted by atomic mass is 16.5. The summed E-state index contributed by atoms with van der Waals surface area (Å²) < 4.78 is 6.84. The van der Waals surface area contributed by atoms with E-state index >= 15 is 0 Å². The molecular formula is C16H21N5O2. The van der Waals surface area contributed by atoms with E-state index in [0.717, 1.165) is 25.9 Å². The van der Waals surface area contributed by atoms with Crippen LogP contribution in [0, 0.1) is 5.92 Å². The predicted octanol–water partition coefficient (Wildman–Crippen LogP) is 1.93. The Bertz CT molecular complexity index is 671. The molecule has 1 amide bonds. The van der Waals surface area contributed by atoms with E-state index in [9.17, 15) is 4.79 Å². The third-order valence-electron chi connectivity index (χ3n) is 4.41. The standard InChI is InChI=1S/C16H21N5O2/c1-3-12-5-4-8-20(10-12)16(22)13-6-7-15(23-2)14(9-13)21-11-17-18-19-21/h6-7,9,11-12H,3-5,8,10H2,1-2H3. The second-order valence-corrected chi connectivity index (χ2v) is 5.81. The van der Waals surface area contributed by atoms with Gasteiger partial charge in [0.2, 0.25) is 0 Å². The molecule has 0 radical (unpaired) electrons. The molecule has 0 saturated carbocycles. The first-order chi connectivity index (χ1) is 11.2. The highest BCUT2D eigenvalue weighted by Crippen LogP contribution is 2.25. The zero-order valence-corrected chi connectivity index (χ0v) is 13.5. The third kappa shape index (κ3) is 3.18. The van der Waals surface area contributed by atoms with E-state index in [4.69, 9.17) is 4.74 Å². The minimum atomic E-state index is 0.0557. The van der Waals surface area contributed by atoms with Gasteiger partial charge in [0, 0.05) is 18.7 Å². The second kappa shape index (κ2) is 6.76. The number of likely N-dealkylation sites (tertiary alicyclic amines) is 1. The number of nitrogens with zero attached hydrogens (tertiary/aromatic N) is 5. The van der Waals surface area contributed by atoms with Crippen molar-refractivity contribution >= 4 is 5.91 Å². The fraction of sp³-hybridized carbons (Fsp3) is 0.500. The Morgan fingerprint density at radius 3 is 3.00 bits per heavy atom. The molecule has 1 fully saturated rings. The summed E-state index contributed by atoms with van der Waals surface area (Å²) in [7, 11) is 1.58. The van der Waals surface area contributed by atoms with Gasteiger partial charge in [-0.1, -0.05) is 13.3 Å². The van der Waals surface area contributed by atoms with E-state index in [1.165, 1.54) is 17.4 Å². The number of amides is 1. The molecule has 1 aromatic carbocycles. The maximum Gasteiger partial charge on any atom is 0.253 e. The van der Waals surface area contributed by atoms with Crippen LogP contribution in [-0.4, -0.2) is 51.2 Å². The zero-order chi connectivity index (χ0) is 16.2. The van der Waals surface area contributed by atoms with Crippen LogP contribution in [-0.2, 0) is 0 Å². The van der Waals surface area contributed by atoms with Gasteiger partial charge in [-0.15, -0.1) is 5.10 Å². The quantitative estimate of drug-likeness (QED) is 0.862. The van der Waals surface area contributed by atoms with Crippen LogP contribution in [0.1, 0.15) is 36.5 Å². The van der Waals surface area contributed by atoms with Gasteiger partial charge in [-0.3, -0.25) is 4.79 Å². The lowest BCUT2D eigenvalue weighted by Crippen LogP contribution is -2.39. The summed E-state index contributed by atoms with van der Waals surface area (Å²) >= 11 is 0. The molecule has 2 heterocycles. The number of hydrogen-bond acceptors (Lipinski definition) is 5. The first-order valence-electron chi connectivity index (χ1n) is 7.93. The SMILES string of the molecule is CCC1CCCN(C(=O)c2ccc(OC)c(-n3cnnn3)c2)C1. The summed E-state index contributed by atoms with van der Waals surface area (Å²) in [4.78, 5) is 14.8. The van der Waals surface area contributed by atoms with Gasteiger partial charge in [0.05, 0.1) is 7.11 Å². The van der Waals surface area contributed by atoms with Crippen LogP contribution in [0.2, 0.25) is 0 Å². The average molecular weight is 315 g/mol. The van der Waals surface area contributed by atoms with E-state index in [-0.39, 0.29) is 5.91 Å². The molecule has 1 aliphatic rings. The maximum atomic E-state index is 12.8. The van der Waals surface area contributed by atoms with Crippen LogP contribution in [0.3, 0.4) is 0 Å². The zero-order valence-electron chi connectivity index (χ0n) is 13.5. The van der Waals surface area contributed by atoms with Crippen LogP contribution < -0.4 is 4.74 Å². The summed E-state index contributed by atoms with van der Waals surface area (Å²) in [5.41, 5.74) is 1.29. The van der Waals surface area contributed by atoms with Crippen molar-refractivity contribution in [1.29, 1.82) is 0 Å². The maximum absolute atomic E-state index is 12.8. The van der Waals surface area contributed by atoms with Crippen molar-refractivity contribution in [3.63, 3.8) is 0 Å². The Morgan fingerprint density at radius 2 is 2.30 bits per heavy atom. The van der Waals surface area contributed by atoms with Gasteiger partial charge in [-0.25, -0.2) is 0 Å². The van der Waals surface area contributed by atoms with Gasteiger partial charge in [0.25, 0.3) is 5.91 Å². The molecule has 23 heavy (non-hydrogen) atoms. The molecule has 1 atom stereocenters. The monoisotopic (exact) mass is 315 g/mol. The van der Waals surface area contributed by atoms with Crippen LogP contribution in [0.15, 0.2) is 24.5 Å². The van der Waals surface area contributed by atoms with Crippen molar-refractivity contribution in [3.05, 3.63) is 30.1 Å². The Balaban J connectivity index is 1.88. The van der Waals surface area contributed by atoms with Gasteiger partial charge >= 0.3 is 0 Å². The number of aromatic nitrogens is 4. The van der Waals surface area contributed by atoms with Crippen molar-refractivity contribution < 1.29 is 9.53 Å². The number of hydrogen-bond donors (Lipinski definition) is 0. The number of carbonyl (C=O) groups is 1. The molecule has 0 bridgehead atoms. The summed E-state index contributed by atoms with van der Waals surface area (Å²) in [5, 5.41) is 11.2. The van der Waals surface area contributed by atoms with E-state index < -0.39 is 0 Å². The van der Waals surface area contributed by atoms with E-state index in [1.807, 2.05) is 4.90 Å². The highest BCUT2D eigenvalue weighted by Gasteiger charge is 2.24. The smallest absolute Gasteiger partial charge is 0.253 e. The van der Waals surface area contributed by atoms with Crippen molar-refractivity contribution in [2.45, 2.75) is 26.2 Å². The lowest BCUT2D eigenvalue weighted by Gasteiger charge is -2.32. The third-order valence-corrected chi connectivity index (χ3v) is 4.41. The first kappa shape index (κ1) is 15.5. The average Bonchev–Trinajstić information content (AvgIpc) is 3.15. The summed E-state index contributed by atoms with van der Waals surface area (Å²) in [6, 6.07) is 5.36. The summed E-state index contributed by atoms with van der Waals surface area (Å²) in [6.07, 6.45) is 4.88. The molecule has 1 aliphatic heterocycles. The Hall–Kier alpha value is -2.44. The minimum Gasteiger partial charge on any atom is -0.494 e. The predicted molar refractivity (Wildman–Crippen MR) is 84.6 cm³/mol. The molecular weight excluding hydrogens is 294 g/mol. The molecule has 0 spiro atoms. The lowest BCUT2D eigenvalue weighted by atomic mass is 9.95. The minimum absolute atomic E-state index is 0.0557. The van der Waals surface area contributed by atoms with E-state index in [1.54, 1.807) is 25.3 Å². The number of benzene rings is 1. The van der Waals surface area contributed by atoms with Crippen molar-refractivity contribution in [2.75, 3.05) is 20.2 Å². The molecule has 0 N–H and O–H groups in total. The fourth-order valence-electron chi connectivity index (χ4n) is 3.04. The Labute approximate surface area is 135 Å². The van der Waals surface area contributed by atoms with Crippen molar-refractivity contribution in [2.24, 2.45) is 5.92 Å². The molecule has 1 saturated heterocycles. The number of piperidine rings is 1. The molecule has 1 unspecified atom stereocenters. The molecule has 2 aromatic rings. The number of methoxy groups -OCH3 is 1. The number of tetrazole rings is 1. The molecule has 7 heteroatoms. The Kier molecular flexibility index (Phi) is 4.55. The molecule has 3 rings (SSSR count). The second-order valence-electron chi connectivity index (χ2n) is 5.81. The van der Waals surface area contributed by atoms with Crippen LogP contribution in [0.4, 0.5) is 0 Å². The molecule has 7 nitrogen and oxygen atoms in total. The number of carbonyl (C=O) groups excluding carboxylic acids is 1. The van der Waals surface area contributed by atoms with Crippen LogP contribution >= 0.6 is 0 Å². The van der Waals surface area contributed by atoms with Gasteiger partial charge < -0.3 is 9.64 Å². The molecule has 122 valence electrons. The first-order valence-corrected chi connectivity index (χ1v) is 7.93. The van der Waals surface area contributed by atoms with Gasteiger partial charge in [-0.2, -0.15) is 4.68 Å². The van der Waals surface area contributed by atoms with E-state index in [2.05, 4.69) is 22.4 Å². The number of rotatable bonds is 4. The van der Waals surface area contributed by atoms with E-state index in [0.29, 0.717) is 22.9 Å². The lowest BCUT2D eigenvalue weighted by molar-refractivity contribution is 0.0671. The van der Waals surface area contributed by atoms with Crippen LogP contribution in [0.5, 0.6) is 5.75 Å². The Morgan fingerprint density at radius 1 is 1.43 bits per heavy atom. The summed E-state index contributed by atoms with van der Waals surface area (Å²) in [5.74, 6) is 1.28.